The summed E-state index contributed by atoms with van der Waals surface area (Å²) < 4.78 is 0. The van der Waals surface area contributed by atoms with Gasteiger partial charge in [-0.05, 0) is 64.3 Å². The zero-order valence-electron chi connectivity index (χ0n) is 11.7. The SMILES string of the molecule is Cc1ccc(C(O)CCNC(C)(C)C)cc1C. The number of benzene rings is 1. The van der Waals surface area contributed by atoms with Gasteiger partial charge in [-0.2, -0.15) is 0 Å². The average Bonchev–Trinajstić information content (AvgIpc) is 2.20. The Morgan fingerprint density at radius 3 is 2.35 bits per heavy atom. The van der Waals surface area contributed by atoms with Gasteiger partial charge in [0.2, 0.25) is 0 Å². The Balaban J connectivity index is 2.52. The van der Waals surface area contributed by atoms with Gasteiger partial charge in [-0.1, -0.05) is 18.2 Å². The second-order valence-corrected chi connectivity index (χ2v) is 5.82. The molecule has 0 aromatic heterocycles. The van der Waals surface area contributed by atoms with Crippen LogP contribution in [0.2, 0.25) is 0 Å². The van der Waals surface area contributed by atoms with Crippen molar-refractivity contribution >= 4 is 0 Å². The van der Waals surface area contributed by atoms with E-state index in [4.69, 9.17) is 0 Å². The maximum Gasteiger partial charge on any atom is 0.0802 e. The quantitative estimate of drug-likeness (QED) is 0.840. The first kappa shape index (κ1) is 14.2. The number of aliphatic hydroxyl groups is 1. The molecule has 0 heterocycles. The summed E-state index contributed by atoms with van der Waals surface area (Å²) in [6.07, 6.45) is 0.379. The summed E-state index contributed by atoms with van der Waals surface area (Å²) in [5, 5.41) is 13.5. The highest BCUT2D eigenvalue weighted by Crippen LogP contribution is 2.19. The molecule has 0 aliphatic rings. The Kier molecular flexibility index (Phi) is 4.72. The van der Waals surface area contributed by atoms with Gasteiger partial charge in [0, 0.05) is 5.54 Å². The summed E-state index contributed by atoms with van der Waals surface area (Å²) in [5.74, 6) is 0. The number of aliphatic hydroxyl groups excluding tert-OH is 1. The number of rotatable bonds is 4. The van der Waals surface area contributed by atoms with E-state index < -0.39 is 0 Å². The third-order valence-corrected chi connectivity index (χ3v) is 2.99. The zero-order chi connectivity index (χ0) is 13.1. The van der Waals surface area contributed by atoms with E-state index in [9.17, 15) is 5.11 Å². The minimum Gasteiger partial charge on any atom is -0.388 e. The van der Waals surface area contributed by atoms with E-state index in [1.807, 2.05) is 6.07 Å². The van der Waals surface area contributed by atoms with Crippen LogP contribution in [0, 0.1) is 13.8 Å². The summed E-state index contributed by atoms with van der Waals surface area (Å²) in [5.41, 5.74) is 3.64. The van der Waals surface area contributed by atoms with E-state index in [2.05, 4.69) is 52.1 Å². The van der Waals surface area contributed by atoms with Crippen LogP contribution in [0.15, 0.2) is 18.2 Å². The van der Waals surface area contributed by atoms with Crippen molar-refractivity contribution in [3.05, 3.63) is 34.9 Å². The largest absolute Gasteiger partial charge is 0.388 e. The monoisotopic (exact) mass is 235 g/mol. The first-order chi connectivity index (χ1) is 7.79. The third-order valence-electron chi connectivity index (χ3n) is 2.99. The van der Waals surface area contributed by atoms with Crippen LogP contribution in [0.4, 0.5) is 0 Å². The second kappa shape index (κ2) is 5.65. The second-order valence-electron chi connectivity index (χ2n) is 5.82. The number of hydrogen-bond acceptors (Lipinski definition) is 2. The van der Waals surface area contributed by atoms with Crippen LogP contribution in [0.3, 0.4) is 0 Å². The molecule has 2 heteroatoms. The Bertz CT molecular complexity index is 366. The van der Waals surface area contributed by atoms with Crippen molar-refractivity contribution in [2.45, 2.75) is 52.7 Å². The summed E-state index contributed by atoms with van der Waals surface area (Å²) in [6, 6.07) is 6.17. The van der Waals surface area contributed by atoms with Crippen molar-refractivity contribution in [3.63, 3.8) is 0 Å². The minimum atomic E-state index is -0.371. The molecule has 2 N–H and O–H groups in total. The molecule has 0 saturated carbocycles. The van der Waals surface area contributed by atoms with Crippen LogP contribution in [0.5, 0.6) is 0 Å². The Labute approximate surface area is 105 Å². The fourth-order valence-electron chi connectivity index (χ4n) is 1.72. The van der Waals surface area contributed by atoms with E-state index in [1.54, 1.807) is 0 Å². The molecule has 1 unspecified atom stereocenters. The highest BCUT2D eigenvalue weighted by molar-refractivity contribution is 5.31. The lowest BCUT2D eigenvalue weighted by Crippen LogP contribution is -2.36. The first-order valence-corrected chi connectivity index (χ1v) is 6.30. The van der Waals surface area contributed by atoms with E-state index in [0.717, 1.165) is 18.5 Å². The van der Waals surface area contributed by atoms with Crippen molar-refractivity contribution in [2.75, 3.05) is 6.54 Å². The molecule has 17 heavy (non-hydrogen) atoms. The number of aryl methyl sites for hydroxylation is 2. The van der Waals surface area contributed by atoms with Gasteiger partial charge in [0.1, 0.15) is 0 Å². The number of hydrogen-bond donors (Lipinski definition) is 2. The normalized spacial score (nSPS) is 13.8. The van der Waals surface area contributed by atoms with Gasteiger partial charge < -0.3 is 10.4 Å². The summed E-state index contributed by atoms with van der Waals surface area (Å²) in [7, 11) is 0. The van der Waals surface area contributed by atoms with Gasteiger partial charge in [-0.15, -0.1) is 0 Å². The number of nitrogens with one attached hydrogen (secondary N) is 1. The van der Waals surface area contributed by atoms with E-state index in [-0.39, 0.29) is 11.6 Å². The molecule has 0 radical (unpaired) electrons. The van der Waals surface area contributed by atoms with Gasteiger partial charge in [-0.3, -0.25) is 0 Å². The van der Waals surface area contributed by atoms with Crippen molar-refractivity contribution in [1.82, 2.24) is 5.32 Å². The summed E-state index contributed by atoms with van der Waals surface area (Å²) >= 11 is 0. The first-order valence-electron chi connectivity index (χ1n) is 6.30. The van der Waals surface area contributed by atoms with Crippen molar-refractivity contribution in [3.8, 4) is 0 Å². The lowest BCUT2D eigenvalue weighted by atomic mass is 10.0. The highest BCUT2D eigenvalue weighted by atomic mass is 16.3. The van der Waals surface area contributed by atoms with Gasteiger partial charge in [0.05, 0.1) is 6.10 Å². The molecule has 1 aromatic carbocycles. The Morgan fingerprint density at radius 2 is 1.82 bits per heavy atom. The van der Waals surface area contributed by atoms with Gasteiger partial charge in [0.15, 0.2) is 0 Å². The molecular formula is C15H25NO. The molecule has 0 spiro atoms. The smallest absolute Gasteiger partial charge is 0.0802 e. The predicted molar refractivity (Wildman–Crippen MR) is 73.2 cm³/mol. The summed E-state index contributed by atoms with van der Waals surface area (Å²) in [4.78, 5) is 0. The van der Waals surface area contributed by atoms with Crippen LogP contribution < -0.4 is 5.32 Å². The zero-order valence-corrected chi connectivity index (χ0v) is 11.7. The van der Waals surface area contributed by atoms with Crippen LogP contribution in [-0.2, 0) is 0 Å². The Morgan fingerprint density at radius 1 is 1.18 bits per heavy atom. The maximum atomic E-state index is 10.1. The van der Waals surface area contributed by atoms with Crippen LogP contribution in [-0.4, -0.2) is 17.2 Å². The van der Waals surface area contributed by atoms with Gasteiger partial charge >= 0.3 is 0 Å². The topological polar surface area (TPSA) is 32.3 Å². The predicted octanol–water partition coefficient (Wildman–Crippen LogP) is 3.12. The van der Waals surface area contributed by atoms with Gasteiger partial charge in [0.25, 0.3) is 0 Å². The van der Waals surface area contributed by atoms with Crippen molar-refractivity contribution in [2.24, 2.45) is 0 Å². The molecule has 1 aromatic rings. The standard InChI is InChI=1S/C15H25NO/c1-11-6-7-13(10-12(11)2)14(17)8-9-16-15(3,4)5/h6-7,10,14,16-17H,8-9H2,1-5H3. The third kappa shape index (κ3) is 4.88. The fraction of sp³-hybridized carbons (Fsp3) is 0.600. The molecule has 0 fully saturated rings. The van der Waals surface area contributed by atoms with E-state index in [0.29, 0.717) is 0 Å². The molecule has 0 saturated heterocycles. The van der Waals surface area contributed by atoms with Crippen LogP contribution >= 0.6 is 0 Å². The molecule has 0 aliphatic carbocycles. The highest BCUT2D eigenvalue weighted by Gasteiger charge is 2.11. The lowest BCUT2D eigenvalue weighted by Gasteiger charge is -2.22. The van der Waals surface area contributed by atoms with E-state index in [1.165, 1.54) is 11.1 Å². The molecular weight excluding hydrogens is 210 g/mol. The lowest BCUT2D eigenvalue weighted by molar-refractivity contribution is 0.163. The molecule has 0 amide bonds. The van der Waals surface area contributed by atoms with Crippen molar-refractivity contribution < 1.29 is 5.11 Å². The van der Waals surface area contributed by atoms with Crippen LogP contribution in [0.1, 0.15) is 50.0 Å². The Hall–Kier alpha value is -0.860. The summed E-state index contributed by atoms with van der Waals surface area (Å²) in [6.45, 7) is 11.4. The fourth-order valence-corrected chi connectivity index (χ4v) is 1.72. The molecule has 2 nitrogen and oxygen atoms in total. The molecule has 96 valence electrons. The average molecular weight is 235 g/mol. The van der Waals surface area contributed by atoms with Gasteiger partial charge in [-0.25, -0.2) is 0 Å². The molecule has 0 bridgehead atoms. The minimum absolute atomic E-state index is 0.114. The molecule has 1 atom stereocenters. The van der Waals surface area contributed by atoms with Crippen molar-refractivity contribution in [1.29, 1.82) is 0 Å². The molecule has 0 aliphatic heterocycles. The van der Waals surface area contributed by atoms with Crippen LogP contribution in [0.25, 0.3) is 0 Å². The molecule has 1 rings (SSSR count). The van der Waals surface area contributed by atoms with E-state index >= 15 is 0 Å². The maximum absolute atomic E-state index is 10.1.